The number of hydrogen-bond acceptors (Lipinski definition) is 5. The lowest BCUT2D eigenvalue weighted by Crippen LogP contribution is -2.57. The van der Waals surface area contributed by atoms with E-state index in [-0.39, 0.29) is 17.4 Å². The van der Waals surface area contributed by atoms with Crippen molar-refractivity contribution >= 4 is 11.8 Å². The maximum Gasteiger partial charge on any atom is 0.177 e. The van der Waals surface area contributed by atoms with E-state index in [9.17, 15) is 24.9 Å². The Kier molecular flexibility index (Phi) is 5.05. The Labute approximate surface area is 107 Å². The summed E-state index contributed by atoms with van der Waals surface area (Å²) in [5, 5.41) is 30.5. The van der Waals surface area contributed by atoms with Crippen molar-refractivity contribution in [1.82, 2.24) is 0 Å². The van der Waals surface area contributed by atoms with E-state index in [0.29, 0.717) is 0 Å². The minimum atomic E-state index is -2.02. The molecular formula is C12H23NO5. The van der Waals surface area contributed by atoms with Crippen molar-refractivity contribution in [2.45, 2.75) is 37.9 Å². The average Bonchev–Trinajstić information content (AvgIpc) is 1.93. The third-order valence-electron chi connectivity index (χ3n) is 2.28. The number of ketones is 1. The molecular weight excluding hydrogens is 238 g/mol. The van der Waals surface area contributed by atoms with Gasteiger partial charge in [0.25, 0.3) is 0 Å². The molecule has 0 aromatic carbocycles. The van der Waals surface area contributed by atoms with Crippen LogP contribution in [0, 0.1) is 0 Å². The predicted molar refractivity (Wildman–Crippen MR) is 63.4 cm³/mol. The summed E-state index contributed by atoms with van der Waals surface area (Å²) in [6.45, 7) is 2.79. The van der Waals surface area contributed by atoms with Crippen LogP contribution in [0.5, 0.6) is 0 Å². The second kappa shape index (κ2) is 5.34. The van der Waals surface area contributed by atoms with Crippen molar-refractivity contribution in [2.24, 2.45) is 0 Å². The molecule has 6 nitrogen and oxygen atoms in total. The Balaban J connectivity index is 5.09. The highest BCUT2D eigenvalue weighted by Gasteiger charge is 2.42. The molecule has 0 saturated carbocycles. The third kappa shape index (κ3) is 6.68. The number of hydrogen-bond donors (Lipinski definition) is 2. The molecule has 1 atom stereocenters. The number of nitrogens with zero attached hydrogens (tertiary/aromatic N) is 1. The number of likely N-dealkylation sites (N-methyl/N-ethyl adjacent to an activating group) is 1. The zero-order chi connectivity index (χ0) is 14.8. The van der Waals surface area contributed by atoms with E-state index in [2.05, 4.69) is 0 Å². The topological polar surface area (TPSA) is 97.7 Å². The molecule has 1 unspecified atom stereocenters. The van der Waals surface area contributed by atoms with Crippen molar-refractivity contribution < 1.29 is 29.4 Å². The van der Waals surface area contributed by atoms with Crippen LogP contribution in [0.1, 0.15) is 26.7 Å². The van der Waals surface area contributed by atoms with E-state index in [1.54, 1.807) is 21.1 Å². The van der Waals surface area contributed by atoms with Crippen LogP contribution >= 0.6 is 0 Å². The monoisotopic (exact) mass is 261 g/mol. The van der Waals surface area contributed by atoms with Crippen LogP contribution in [0.25, 0.3) is 0 Å². The molecule has 0 bridgehead atoms. The molecule has 0 aromatic heterocycles. The van der Waals surface area contributed by atoms with Gasteiger partial charge in [0.2, 0.25) is 0 Å². The number of carbonyl (C=O) groups is 2. The van der Waals surface area contributed by atoms with Crippen LogP contribution in [0.2, 0.25) is 0 Å². The van der Waals surface area contributed by atoms with E-state index >= 15 is 0 Å². The van der Waals surface area contributed by atoms with Crippen molar-refractivity contribution in [3.63, 3.8) is 0 Å². The number of aliphatic hydroxyl groups is 2. The summed E-state index contributed by atoms with van der Waals surface area (Å²) in [6.07, 6.45) is -1.08. The first-order valence-corrected chi connectivity index (χ1v) is 5.74. The van der Waals surface area contributed by atoms with E-state index in [0.717, 1.165) is 0 Å². The van der Waals surface area contributed by atoms with Gasteiger partial charge in [0.1, 0.15) is 6.54 Å². The second-order valence-corrected chi connectivity index (χ2v) is 6.44. The molecule has 2 N–H and O–H groups in total. The fraction of sp³-hybridized carbons (Fsp3) is 0.833. The van der Waals surface area contributed by atoms with Crippen molar-refractivity contribution in [3.8, 4) is 0 Å². The first-order chi connectivity index (χ1) is 7.75. The first kappa shape index (κ1) is 17.0. The van der Waals surface area contributed by atoms with E-state index in [4.69, 9.17) is 0 Å². The lowest BCUT2D eigenvalue weighted by molar-refractivity contribution is -0.875. The number of carbonyl (C=O) groups excluding carboxylic acids is 2. The van der Waals surface area contributed by atoms with Gasteiger partial charge in [-0.3, -0.25) is 4.79 Å². The highest BCUT2D eigenvalue weighted by Crippen LogP contribution is 2.21. The average molecular weight is 261 g/mol. The molecule has 0 aromatic rings. The normalized spacial score (nSPS) is 16.2. The molecule has 106 valence electrons. The molecule has 0 rings (SSSR count). The van der Waals surface area contributed by atoms with Crippen molar-refractivity contribution in [2.75, 3.05) is 27.7 Å². The fourth-order valence-electron chi connectivity index (χ4n) is 1.82. The standard InChI is InChI=1S/C12H23NO5/c1-11(2,17)6-9(14)12(18,7-10(15)16)8-13(3,4)5/h17-18H,6-8H2,1-5H3. The molecule has 0 aliphatic rings. The Morgan fingerprint density at radius 3 is 1.83 bits per heavy atom. The highest BCUT2D eigenvalue weighted by molar-refractivity contribution is 5.91. The summed E-state index contributed by atoms with van der Waals surface area (Å²) >= 11 is 0. The Hall–Kier alpha value is -0.980. The number of carboxylic acid groups (broad SMARTS) is 1. The number of rotatable bonds is 7. The zero-order valence-corrected chi connectivity index (χ0v) is 11.7. The van der Waals surface area contributed by atoms with Gasteiger partial charge in [-0.25, -0.2) is 0 Å². The van der Waals surface area contributed by atoms with Crippen LogP contribution in [0.4, 0.5) is 0 Å². The fourth-order valence-corrected chi connectivity index (χ4v) is 1.82. The predicted octanol–water partition coefficient (Wildman–Crippen LogP) is -1.71. The van der Waals surface area contributed by atoms with Crippen molar-refractivity contribution in [1.29, 1.82) is 0 Å². The summed E-state index contributed by atoms with van der Waals surface area (Å²) in [6, 6.07) is 0. The molecule has 0 aliphatic heterocycles. The number of aliphatic carboxylic acids is 1. The summed E-state index contributed by atoms with van der Waals surface area (Å²) in [5.41, 5.74) is -3.31. The number of carboxylic acids is 1. The summed E-state index contributed by atoms with van der Waals surface area (Å²) in [5.74, 6) is -2.18. The van der Waals surface area contributed by atoms with Crippen LogP contribution in [0.15, 0.2) is 0 Å². The summed E-state index contributed by atoms with van der Waals surface area (Å²) < 4.78 is 0.224. The minimum Gasteiger partial charge on any atom is -0.550 e. The van der Waals surface area contributed by atoms with Gasteiger partial charge in [0, 0.05) is 18.8 Å². The molecule has 0 saturated heterocycles. The van der Waals surface area contributed by atoms with Gasteiger partial charge >= 0.3 is 0 Å². The van der Waals surface area contributed by atoms with Crippen LogP contribution in [-0.2, 0) is 9.59 Å². The lowest BCUT2D eigenvalue weighted by atomic mass is 9.86. The zero-order valence-electron chi connectivity index (χ0n) is 11.7. The molecule has 0 radical (unpaired) electrons. The summed E-state index contributed by atoms with van der Waals surface area (Å²) in [4.78, 5) is 22.7. The van der Waals surface area contributed by atoms with Crippen LogP contribution < -0.4 is 5.11 Å². The third-order valence-corrected chi connectivity index (χ3v) is 2.28. The highest BCUT2D eigenvalue weighted by atomic mass is 16.4. The Morgan fingerprint density at radius 1 is 1.11 bits per heavy atom. The van der Waals surface area contributed by atoms with Gasteiger partial charge < -0.3 is 24.6 Å². The van der Waals surface area contributed by atoms with Gasteiger partial charge in [0.15, 0.2) is 11.4 Å². The largest absolute Gasteiger partial charge is 0.550 e. The van der Waals surface area contributed by atoms with E-state index in [1.807, 2.05) is 0 Å². The Morgan fingerprint density at radius 2 is 1.56 bits per heavy atom. The molecule has 18 heavy (non-hydrogen) atoms. The smallest absolute Gasteiger partial charge is 0.177 e. The number of Topliss-reactive ketones (excluding diaryl/α,β-unsaturated/α-hetero) is 1. The van der Waals surface area contributed by atoms with Gasteiger partial charge in [-0.05, 0) is 13.8 Å². The summed E-state index contributed by atoms with van der Waals surface area (Å²) in [7, 11) is 5.20. The second-order valence-electron chi connectivity index (χ2n) is 6.44. The van der Waals surface area contributed by atoms with E-state index in [1.165, 1.54) is 13.8 Å². The minimum absolute atomic E-state index is 0.0596. The quantitative estimate of drug-likeness (QED) is 0.532. The SMILES string of the molecule is CC(C)(O)CC(=O)C(O)(CC(=O)[O-])C[N+](C)(C)C. The molecule has 0 aliphatic carbocycles. The van der Waals surface area contributed by atoms with Gasteiger partial charge in [-0.1, -0.05) is 0 Å². The van der Waals surface area contributed by atoms with Gasteiger partial charge in [-0.2, -0.15) is 0 Å². The molecule has 0 spiro atoms. The van der Waals surface area contributed by atoms with Crippen molar-refractivity contribution in [3.05, 3.63) is 0 Å². The maximum atomic E-state index is 12.0. The van der Waals surface area contributed by atoms with Crippen LogP contribution in [-0.4, -0.2) is 65.3 Å². The lowest BCUT2D eigenvalue weighted by Gasteiger charge is -2.35. The van der Waals surface area contributed by atoms with Gasteiger partial charge in [0.05, 0.1) is 26.7 Å². The Bertz CT molecular complexity index is 326. The van der Waals surface area contributed by atoms with Crippen LogP contribution in [0.3, 0.4) is 0 Å². The molecule has 0 heterocycles. The first-order valence-electron chi connectivity index (χ1n) is 5.74. The molecule has 0 fully saturated rings. The number of quaternary nitrogens is 1. The van der Waals surface area contributed by atoms with E-state index < -0.39 is 29.4 Å². The molecule has 6 heteroatoms. The van der Waals surface area contributed by atoms with Gasteiger partial charge in [-0.15, -0.1) is 0 Å². The maximum absolute atomic E-state index is 12.0. The molecule has 0 amide bonds.